The second-order valence-corrected chi connectivity index (χ2v) is 8.96. The zero-order valence-corrected chi connectivity index (χ0v) is 17.4. The zero-order valence-electron chi connectivity index (χ0n) is 17.4. The summed E-state index contributed by atoms with van der Waals surface area (Å²) < 4.78 is 77.9. The van der Waals surface area contributed by atoms with Gasteiger partial charge in [0.05, 0.1) is 11.1 Å². The Morgan fingerprint density at radius 3 is 1.97 bits per heavy atom. The van der Waals surface area contributed by atoms with Crippen LogP contribution in [0.1, 0.15) is 68.6 Å². The normalized spacial score (nSPS) is 27.3. The molecule has 3 nitrogen and oxygen atoms in total. The van der Waals surface area contributed by atoms with Crippen LogP contribution in [-0.2, 0) is 23.7 Å². The standard InChI is InChI=1S/C22H28F6N2O/c1-13-2-5-18(6-3-13)30-19-7-4-15(10-19)20(31)29-12-14-8-16(21(23,24)25)11-17(9-14)22(26,27)28/h8-9,11,13,15,18-19,30H,2-7,10,12H2,1H3,(H,29,31)/t13?,15-,18?,19?/m0/s1. The van der Waals surface area contributed by atoms with E-state index in [4.69, 9.17) is 0 Å². The van der Waals surface area contributed by atoms with Gasteiger partial charge in [-0.15, -0.1) is 0 Å². The molecule has 31 heavy (non-hydrogen) atoms. The Kier molecular flexibility index (Phi) is 7.23. The monoisotopic (exact) mass is 450 g/mol. The molecule has 0 spiro atoms. The SMILES string of the molecule is CC1CCC(NC2CC[C@H](C(=O)NCc3cc(C(F)(F)F)cc(C(F)(F)F)c3)C2)CC1. The van der Waals surface area contributed by atoms with E-state index in [0.717, 1.165) is 25.2 Å². The summed E-state index contributed by atoms with van der Waals surface area (Å²) in [5, 5.41) is 6.14. The number of carbonyl (C=O) groups excluding carboxylic acids is 1. The Hall–Kier alpha value is -1.77. The smallest absolute Gasteiger partial charge is 0.352 e. The number of benzene rings is 1. The van der Waals surface area contributed by atoms with E-state index in [9.17, 15) is 31.1 Å². The topological polar surface area (TPSA) is 41.1 Å². The molecule has 174 valence electrons. The van der Waals surface area contributed by atoms with Gasteiger partial charge in [0.1, 0.15) is 0 Å². The Morgan fingerprint density at radius 2 is 1.42 bits per heavy atom. The van der Waals surface area contributed by atoms with Gasteiger partial charge in [-0.1, -0.05) is 6.92 Å². The summed E-state index contributed by atoms with van der Waals surface area (Å²) in [6.45, 7) is 1.87. The van der Waals surface area contributed by atoms with Crippen molar-refractivity contribution in [3.05, 3.63) is 34.9 Å². The van der Waals surface area contributed by atoms with Crippen molar-refractivity contribution in [2.45, 2.75) is 82.9 Å². The number of alkyl halides is 6. The highest BCUT2D eigenvalue weighted by Gasteiger charge is 2.37. The van der Waals surface area contributed by atoms with Crippen molar-refractivity contribution in [3.8, 4) is 0 Å². The molecule has 0 radical (unpaired) electrons. The number of carbonyl (C=O) groups is 1. The predicted molar refractivity (Wildman–Crippen MR) is 104 cm³/mol. The molecule has 0 aliphatic heterocycles. The lowest BCUT2D eigenvalue weighted by molar-refractivity contribution is -0.143. The highest BCUT2D eigenvalue weighted by Crippen LogP contribution is 2.36. The van der Waals surface area contributed by atoms with Crippen molar-refractivity contribution in [1.82, 2.24) is 10.6 Å². The van der Waals surface area contributed by atoms with Gasteiger partial charge in [0.15, 0.2) is 0 Å². The maximum atomic E-state index is 13.0. The first kappa shape index (κ1) is 23.9. The minimum absolute atomic E-state index is 0.0879. The molecule has 1 unspecified atom stereocenters. The summed E-state index contributed by atoms with van der Waals surface area (Å²) in [4.78, 5) is 12.5. The third kappa shape index (κ3) is 6.60. The van der Waals surface area contributed by atoms with Crippen molar-refractivity contribution in [2.24, 2.45) is 11.8 Å². The Bertz CT molecular complexity index is 736. The van der Waals surface area contributed by atoms with E-state index in [1.165, 1.54) is 12.8 Å². The number of amides is 1. The Labute approximate surface area is 178 Å². The van der Waals surface area contributed by atoms with E-state index in [-0.39, 0.29) is 36.0 Å². The van der Waals surface area contributed by atoms with E-state index in [1.807, 2.05) is 0 Å². The highest BCUT2D eigenvalue weighted by molar-refractivity contribution is 5.79. The summed E-state index contributed by atoms with van der Waals surface area (Å²) in [5.74, 6) is 0.134. The molecule has 1 aromatic rings. The number of halogens is 6. The van der Waals surface area contributed by atoms with Crippen LogP contribution >= 0.6 is 0 Å². The second kappa shape index (κ2) is 9.38. The molecule has 2 N–H and O–H groups in total. The fourth-order valence-electron chi connectivity index (χ4n) is 4.59. The largest absolute Gasteiger partial charge is 0.416 e. The van der Waals surface area contributed by atoms with Crippen LogP contribution in [0.15, 0.2) is 18.2 Å². The fraction of sp³-hybridized carbons (Fsp3) is 0.682. The van der Waals surface area contributed by atoms with Gasteiger partial charge in [-0.2, -0.15) is 26.3 Å². The van der Waals surface area contributed by atoms with Gasteiger partial charge in [-0.05, 0) is 74.6 Å². The minimum atomic E-state index is -4.90. The Balaban J connectivity index is 1.56. The number of nitrogens with one attached hydrogen (secondary N) is 2. The van der Waals surface area contributed by atoms with E-state index in [1.54, 1.807) is 0 Å². The molecule has 2 aliphatic rings. The van der Waals surface area contributed by atoms with E-state index < -0.39 is 23.5 Å². The summed E-state index contributed by atoms with van der Waals surface area (Å²) in [7, 11) is 0. The molecule has 9 heteroatoms. The van der Waals surface area contributed by atoms with Crippen LogP contribution < -0.4 is 10.6 Å². The summed E-state index contributed by atoms with van der Waals surface area (Å²) in [6.07, 6.45) is -3.07. The fourth-order valence-corrected chi connectivity index (χ4v) is 4.59. The molecule has 2 atom stereocenters. The van der Waals surface area contributed by atoms with Gasteiger partial charge in [-0.3, -0.25) is 4.79 Å². The molecular formula is C22H28F6N2O. The third-order valence-corrected chi connectivity index (χ3v) is 6.40. The highest BCUT2D eigenvalue weighted by atomic mass is 19.4. The summed E-state index contributed by atoms with van der Waals surface area (Å²) in [5.41, 5.74) is -2.98. The molecule has 2 fully saturated rings. The number of rotatable bonds is 5. The van der Waals surface area contributed by atoms with Crippen molar-refractivity contribution in [3.63, 3.8) is 0 Å². The van der Waals surface area contributed by atoms with Crippen molar-refractivity contribution in [2.75, 3.05) is 0 Å². The molecule has 0 heterocycles. The number of hydrogen-bond donors (Lipinski definition) is 2. The average Bonchev–Trinajstić information content (AvgIpc) is 3.15. The van der Waals surface area contributed by atoms with Crippen LogP contribution in [0.5, 0.6) is 0 Å². The van der Waals surface area contributed by atoms with Crippen molar-refractivity contribution < 1.29 is 31.1 Å². The van der Waals surface area contributed by atoms with Crippen molar-refractivity contribution >= 4 is 5.91 Å². The Morgan fingerprint density at radius 1 is 0.871 bits per heavy atom. The molecule has 0 saturated heterocycles. The minimum Gasteiger partial charge on any atom is -0.352 e. The van der Waals surface area contributed by atoms with Crippen molar-refractivity contribution in [1.29, 1.82) is 0 Å². The van der Waals surface area contributed by atoms with E-state index in [2.05, 4.69) is 17.6 Å². The average molecular weight is 450 g/mol. The lowest BCUT2D eigenvalue weighted by Gasteiger charge is -2.29. The molecule has 2 saturated carbocycles. The van der Waals surface area contributed by atoms with Crippen LogP contribution in [0.25, 0.3) is 0 Å². The van der Waals surface area contributed by atoms with Gasteiger partial charge in [0, 0.05) is 24.5 Å². The first-order chi connectivity index (χ1) is 14.4. The first-order valence-corrected chi connectivity index (χ1v) is 10.7. The molecule has 0 aromatic heterocycles. The second-order valence-electron chi connectivity index (χ2n) is 8.96. The van der Waals surface area contributed by atoms with E-state index >= 15 is 0 Å². The summed E-state index contributed by atoms with van der Waals surface area (Å²) >= 11 is 0. The summed E-state index contributed by atoms with van der Waals surface area (Å²) in [6, 6.07) is 2.07. The van der Waals surface area contributed by atoms with Crippen LogP contribution in [0.2, 0.25) is 0 Å². The van der Waals surface area contributed by atoms with Gasteiger partial charge >= 0.3 is 12.4 Å². The van der Waals surface area contributed by atoms with Gasteiger partial charge in [0.25, 0.3) is 0 Å². The molecule has 1 amide bonds. The maximum absolute atomic E-state index is 13.0. The van der Waals surface area contributed by atoms with Gasteiger partial charge < -0.3 is 10.6 Å². The lowest BCUT2D eigenvalue weighted by atomic mass is 9.87. The van der Waals surface area contributed by atoms with E-state index in [0.29, 0.717) is 31.0 Å². The molecular weight excluding hydrogens is 422 g/mol. The van der Waals surface area contributed by atoms with Crippen LogP contribution in [0.3, 0.4) is 0 Å². The van der Waals surface area contributed by atoms with Gasteiger partial charge in [-0.25, -0.2) is 0 Å². The van der Waals surface area contributed by atoms with Crippen LogP contribution in [-0.4, -0.2) is 18.0 Å². The third-order valence-electron chi connectivity index (χ3n) is 6.40. The number of hydrogen-bond acceptors (Lipinski definition) is 2. The maximum Gasteiger partial charge on any atom is 0.416 e. The molecule has 2 aliphatic carbocycles. The quantitative estimate of drug-likeness (QED) is 0.567. The van der Waals surface area contributed by atoms with Crippen LogP contribution in [0.4, 0.5) is 26.3 Å². The predicted octanol–water partition coefficient (Wildman–Crippen LogP) is 5.68. The lowest BCUT2D eigenvalue weighted by Crippen LogP contribution is -2.39. The molecule has 0 bridgehead atoms. The van der Waals surface area contributed by atoms with Gasteiger partial charge in [0.2, 0.25) is 5.91 Å². The molecule has 3 rings (SSSR count). The molecule has 1 aromatic carbocycles. The van der Waals surface area contributed by atoms with Crippen LogP contribution in [0, 0.1) is 11.8 Å². The first-order valence-electron chi connectivity index (χ1n) is 10.7. The zero-order chi connectivity index (χ0) is 22.8.